The van der Waals surface area contributed by atoms with Crippen LogP contribution in [0.15, 0.2) is 23.4 Å². The van der Waals surface area contributed by atoms with E-state index in [2.05, 4.69) is 10.5 Å². The lowest BCUT2D eigenvalue weighted by atomic mass is 9.86. The minimum absolute atomic E-state index is 0.243. The molecule has 0 amide bonds. The van der Waals surface area contributed by atoms with Crippen LogP contribution in [-0.4, -0.2) is 17.6 Å². The first-order chi connectivity index (χ1) is 9.36. The van der Waals surface area contributed by atoms with Crippen LogP contribution in [0.2, 0.25) is 5.02 Å². The van der Waals surface area contributed by atoms with Gasteiger partial charge in [0.2, 0.25) is 0 Å². The minimum Gasteiger partial charge on any atom is -0.409 e. The largest absolute Gasteiger partial charge is 0.409 e. The fourth-order valence-corrected chi connectivity index (χ4v) is 2.05. The average molecular weight is 302 g/mol. The smallest absolute Gasteiger partial charge is 0.144 e. The molecule has 4 nitrogen and oxygen atoms in total. The maximum absolute atomic E-state index is 12.9. The number of nitrogens with zero attached hydrogens (tertiary/aromatic N) is 1. The molecular weight excluding hydrogens is 281 g/mol. The number of oxime groups is 1. The zero-order valence-electron chi connectivity index (χ0n) is 11.8. The van der Waals surface area contributed by atoms with Crippen molar-refractivity contribution in [3.8, 4) is 0 Å². The molecule has 0 radical (unpaired) electrons. The fraction of sp³-hybridized carbons (Fsp3) is 0.500. The van der Waals surface area contributed by atoms with Crippen molar-refractivity contribution in [1.29, 1.82) is 0 Å². The Bertz CT molecular complexity index is 477. The molecule has 0 aliphatic carbocycles. The molecule has 0 spiro atoms. The summed E-state index contributed by atoms with van der Waals surface area (Å²) in [6.45, 7) is 4.61. The van der Waals surface area contributed by atoms with Crippen LogP contribution in [0.5, 0.6) is 0 Å². The molecule has 0 saturated carbocycles. The number of benzene rings is 1. The predicted molar refractivity (Wildman–Crippen MR) is 80.9 cm³/mol. The van der Waals surface area contributed by atoms with E-state index in [1.807, 2.05) is 13.8 Å². The van der Waals surface area contributed by atoms with E-state index in [1.165, 1.54) is 12.1 Å². The Morgan fingerprint density at radius 2 is 2.15 bits per heavy atom. The van der Waals surface area contributed by atoms with Gasteiger partial charge < -0.3 is 16.3 Å². The molecule has 20 heavy (non-hydrogen) atoms. The molecular formula is C14H21ClFN3O. The normalized spacial score (nSPS) is 12.5. The number of nitrogens with two attached hydrogens (primary N) is 1. The summed E-state index contributed by atoms with van der Waals surface area (Å²) in [7, 11) is 0. The summed E-state index contributed by atoms with van der Waals surface area (Å²) in [5, 5.41) is 15.3. The number of nitrogens with one attached hydrogen (secondary N) is 1. The molecule has 6 heteroatoms. The van der Waals surface area contributed by atoms with Gasteiger partial charge in [0.1, 0.15) is 11.7 Å². The monoisotopic (exact) mass is 301 g/mol. The molecule has 0 heterocycles. The van der Waals surface area contributed by atoms with E-state index < -0.39 is 0 Å². The summed E-state index contributed by atoms with van der Waals surface area (Å²) in [5.74, 6) is -0.104. The van der Waals surface area contributed by atoms with E-state index in [1.54, 1.807) is 6.07 Å². The zero-order chi connectivity index (χ0) is 15.2. The van der Waals surface area contributed by atoms with Crippen LogP contribution in [0, 0.1) is 11.2 Å². The van der Waals surface area contributed by atoms with E-state index in [9.17, 15) is 4.39 Å². The van der Waals surface area contributed by atoms with Crippen molar-refractivity contribution in [2.24, 2.45) is 16.3 Å². The molecule has 0 aliphatic heterocycles. The molecule has 0 aromatic heterocycles. The summed E-state index contributed by atoms with van der Waals surface area (Å²) >= 11 is 5.91. The van der Waals surface area contributed by atoms with Gasteiger partial charge in [0.25, 0.3) is 0 Å². The molecule has 112 valence electrons. The van der Waals surface area contributed by atoms with Gasteiger partial charge in [0, 0.05) is 12.0 Å². The summed E-state index contributed by atoms with van der Waals surface area (Å²) in [5.41, 5.74) is 6.03. The number of hydrogen-bond acceptors (Lipinski definition) is 3. The highest BCUT2D eigenvalue weighted by molar-refractivity contribution is 6.33. The lowest BCUT2D eigenvalue weighted by Crippen LogP contribution is -2.31. The maximum Gasteiger partial charge on any atom is 0.144 e. The van der Waals surface area contributed by atoms with Gasteiger partial charge in [-0.15, -0.1) is 0 Å². The van der Waals surface area contributed by atoms with Crippen LogP contribution in [0.3, 0.4) is 0 Å². The first kappa shape index (κ1) is 16.6. The van der Waals surface area contributed by atoms with E-state index in [-0.39, 0.29) is 17.1 Å². The number of halogens is 2. The van der Waals surface area contributed by atoms with Crippen LogP contribution in [-0.2, 0) is 0 Å². The summed E-state index contributed by atoms with van der Waals surface area (Å²) in [6.07, 6.45) is 2.66. The predicted octanol–water partition coefficient (Wildman–Crippen LogP) is 3.83. The van der Waals surface area contributed by atoms with Crippen LogP contribution < -0.4 is 11.1 Å². The lowest BCUT2D eigenvalue weighted by Gasteiger charge is -2.22. The number of unbranched alkanes of at least 4 members (excludes halogenated alkanes) is 1. The van der Waals surface area contributed by atoms with E-state index >= 15 is 0 Å². The SMILES string of the molecule is CC(C)(CCCCNc1ccc(F)cc1Cl)/C(N)=N/O. The molecule has 4 N–H and O–H groups in total. The number of rotatable bonds is 7. The quantitative estimate of drug-likeness (QED) is 0.236. The third-order valence-electron chi connectivity index (χ3n) is 3.28. The van der Waals surface area contributed by atoms with Gasteiger partial charge >= 0.3 is 0 Å². The van der Waals surface area contributed by atoms with Gasteiger partial charge in [-0.3, -0.25) is 0 Å². The highest BCUT2D eigenvalue weighted by Crippen LogP contribution is 2.24. The third-order valence-corrected chi connectivity index (χ3v) is 3.59. The second-order valence-electron chi connectivity index (χ2n) is 5.38. The van der Waals surface area contributed by atoms with Crippen molar-refractivity contribution < 1.29 is 9.60 Å². The first-order valence-corrected chi connectivity index (χ1v) is 6.91. The number of amidine groups is 1. The van der Waals surface area contributed by atoms with Gasteiger partial charge in [-0.05, 0) is 31.0 Å². The molecule has 0 bridgehead atoms. The molecule has 0 saturated heterocycles. The number of anilines is 1. The Morgan fingerprint density at radius 3 is 2.75 bits per heavy atom. The van der Waals surface area contributed by atoms with E-state index in [0.29, 0.717) is 5.02 Å². The Hall–Kier alpha value is -1.49. The summed E-state index contributed by atoms with van der Waals surface area (Å²) in [4.78, 5) is 0. The minimum atomic E-state index is -0.346. The van der Waals surface area contributed by atoms with Gasteiger partial charge in [-0.1, -0.05) is 37.0 Å². The second kappa shape index (κ2) is 7.33. The van der Waals surface area contributed by atoms with Crippen LogP contribution in [0.4, 0.5) is 10.1 Å². The van der Waals surface area contributed by atoms with Crippen molar-refractivity contribution >= 4 is 23.1 Å². The molecule has 0 atom stereocenters. The Kier molecular flexibility index (Phi) is 6.07. The lowest BCUT2D eigenvalue weighted by molar-refractivity contribution is 0.304. The van der Waals surface area contributed by atoms with Gasteiger partial charge in [-0.25, -0.2) is 4.39 Å². The molecule has 0 fully saturated rings. The van der Waals surface area contributed by atoms with Crippen LogP contribution >= 0.6 is 11.6 Å². The summed E-state index contributed by atoms with van der Waals surface area (Å²) < 4.78 is 12.9. The van der Waals surface area contributed by atoms with Crippen molar-refractivity contribution in [1.82, 2.24) is 0 Å². The fourth-order valence-electron chi connectivity index (χ4n) is 1.81. The van der Waals surface area contributed by atoms with Crippen LogP contribution in [0.1, 0.15) is 33.1 Å². The third kappa shape index (κ3) is 4.89. The number of hydrogen-bond donors (Lipinski definition) is 3. The molecule has 1 rings (SSSR count). The first-order valence-electron chi connectivity index (χ1n) is 6.54. The van der Waals surface area contributed by atoms with Crippen molar-refractivity contribution in [2.45, 2.75) is 33.1 Å². The topological polar surface area (TPSA) is 70.6 Å². The summed E-state index contributed by atoms with van der Waals surface area (Å²) in [6, 6.07) is 4.28. The zero-order valence-corrected chi connectivity index (χ0v) is 12.5. The molecule has 0 aliphatic rings. The standard InChI is InChI=1S/C14H21ClFN3O/c1-14(2,13(17)19-20)7-3-4-8-18-12-6-5-10(16)9-11(12)15/h5-6,9,18,20H,3-4,7-8H2,1-2H3,(H2,17,19). The maximum atomic E-state index is 12.9. The molecule has 1 aromatic rings. The van der Waals surface area contributed by atoms with E-state index in [4.69, 9.17) is 22.5 Å². The van der Waals surface area contributed by atoms with E-state index in [0.717, 1.165) is 31.5 Å². The Morgan fingerprint density at radius 1 is 1.45 bits per heavy atom. The van der Waals surface area contributed by atoms with Gasteiger partial charge in [0.15, 0.2) is 0 Å². The van der Waals surface area contributed by atoms with Gasteiger partial charge in [-0.2, -0.15) is 0 Å². The van der Waals surface area contributed by atoms with Gasteiger partial charge in [0.05, 0.1) is 10.7 Å². The van der Waals surface area contributed by atoms with Crippen molar-refractivity contribution in [2.75, 3.05) is 11.9 Å². The van der Waals surface area contributed by atoms with Crippen LogP contribution in [0.25, 0.3) is 0 Å². The Labute approximate surface area is 123 Å². The highest BCUT2D eigenvalue weighted by Gasteiger charge is 2.22. The highest BCUT2D eigenvalue weighted by atomic mass is 35.5. The van der Waals surface area contributed by atoms with Crippen molar-refractivity contribution in [3.05, 3.63) is 29.0 Å². The molecule has 1 aromatic carbocycles. The van der Waals surface area contributed by atoms with Crippen molar-refractivity contribution in [3.63, 3.8) is 0 Å². The average Bonchev–Trinajstić information content (AvgIpc) is 2.39. The molecule has 0 unspecified atom stereocenters. The Balaban J connectivity index is 2.32. The second-order valence-corrected chi connectivity index (χ2v) is 5.78.